The minimum atomic E-state index is -0.520. The van der Waals surface area contributed by atoms with Crippen molar-refractivity contribution in [3.05, 3.63) is 34.6 Å². The maximum atomic E-state index is 13.5. The number of rotatable bonds is 7. The first-order valence-electron chi connectivity index (χ1n) is 8.49. The molecule has 1 aromatic carbocycles. The van der Waals surface area contributed by atoms with E-state index < -0.39 is 5.82 Å². The summed E-state index contributed by atoms with van der Waals surface area (Å²) < 4.78 is 13.5. The molecule has 0 saturated carbocycles. The van der Waals surface area contributed by atoms with Crippen LogP contribution < -0.4 is 0 Å². The van der Waals surface area contributed by atoms with Crippen LogP contribution in [0.25, 0.3) is 0 Å². The lowest BCUT2D eigenvalue weighted by molar-refractivity contribution is 0.0778. The Hall–Kier alpha value is -1.21. The van der Waals surface area contributed by atoms with Gasteiger partial charge in [-0.1, -0.05) is 11.6 Å². The Balaban J connectivity index is 2.01. The smallest absolute Gasteiger partial charge is 0.254 e. The van der Waals surface area contributed by atoms with Gasteiger partial charge in [0.2, 0.25) is 0 Å². The van der Waals surface area contributed by atoms with Crippen molar-refractivity contribution in [2.45, 2.75) is 0 Å². The lowest BCUT2D eigenvalue weighted by Gasteiger charge is -2.25. The van der Waals surface area contributed by atoms with Crippen LogP contribution in [0, 0.1) is 17.7 Å². The molecule has 0 unspecified atom stereocenters. The number of carbonyl (C=O) groups excluding carboxylic acids is 1. The number of likely N-dealkylation sites (N-methyl/N-ethyl adjacent to an activating group) is 2. The summed E-state index contributed by atoms with van der Waals surface area (Å²) in [4.78, 5) is 18.7. The summed E-state index contributed by atoms with van der Waals surface area (Å²) in [5.74, 6) is -0.521. The molecule has 1 aliphatic rings. The molecule has 2 atom stereocenters. The summed E-state index contributed by atoms with van der Waals surface area (Å²) in [6, 6.07) is 3.87. The number of nitrogens with zero attached hydrogens (tertiary/aromatic N) is 3. The van der Waals surface area contributed by atoms with Gasteiger partial charge in [0.05, 0.1) is 0 Å². The van der Waals surface area contributed by atoms with E-state index in [9.17, 15) is 14.3 Å². The van der Waals surface area contributed by atoms with Crippen molar-refractivity contribution in [1.29, 1.82) is 0 Å². The molecule has 0 spiro atoms. The quantitative estimate of drug-likeness (QED) is 0.791. The maximum absolute atomic E-state index is 13.5. The number of hydrogen-bond acceptors (Lipinski definition) is 4. The molecule has 0 aromatic heterocycles. The van der Waals surface area contributed by atoms with E-state index in [2.05, 4.69) is 16.8 Å². The fourth-order valence-electron chi connectivity index (χ4n) is 3.24. The number of aliphatic hydroxyl groups is 1. The van der Waals surface area contributed by atoms with Crippen molar-refractivity contribution in [3.8, 4) is 0 Å². The average Bonchev–Trinajstić information content (AvgIpc) is 2.94. The van der Waals surface area contributed by atoms with Gasteiger partial charge < -0.3 is 19.8 Å². The minimum absolute atomic E-state index is 0.0368. The molecule has 0 bridgehead atoms. The van der Waals surface area contributed by atoms with E-state index in [4.69, 9.17) is 11.6 Å². The molecule has 5 nitrogen and oxygen atoms in total. The number of amides is 1. The Morgan fingerprint density at radius 2 is 1.92 bits per heavy atom. The predicted molar refractivity (Wildman–Crippen MR) is 97.4 cm³/mol. The second kappa shape index (κ2) is 8.94. The van der Waals surface area contributed by atoms with E-state index in [1.54, 1.807) is 4.90 Å². The highest BCUT2D eigenvalue weighted by Crippen LogP contribution is 2.26. The summed E-state index contributed by atoms with van der Waals surface area (Å²) >= 11 is 5.85. The largest absolute Gasteiger partial charge is 0.396 e. The third-order valence-corrected chi connectivity index (χ3v) is 4.90. The first-order chi connectivity index (χ1) is 11.8. The summed E-state index contributed by atoms with van der Waals surface area (Å²) in [6.07, 6.45) is 0. The Labute approximate surface area is 154 Å². The molecule has 1 N–H and O–H groups in total. The van der Waals surface area contributed by atoms with Gasteiger partial charge in [-0.25, -0.2) is 4.39 Å². The number of hydrogen-bond donors (Lipinski definition) is 1. The van der Waals surface area contributed by atoms with Crippen LogP contribution in [0.4, 0.5) is 4.39 Å². The summed E-state index contributed by atoms with van der Waals surface area (Å²) in [7, 11) is 6.11. The molecule has 25 heavy (non-hydrogen) atoms. The Morgan fingerprint density at radius 3 is 2.52 bits per heavy atom. The van der Waals surface area contributed by atoms with Crippen LogP contribution in [0.1, 0.15) is 10.4 Å². The third-order valence-electron chi connectivity index (χ3n) is 4.68. The molecule has 1 aliphatic heterocycles. The molecule has 1 heterocycles. The van der Waals surface area contributed by atoms with Gasteiger partial charge in [0.1, 0.15) is 5.82 Å². The Bertz CT molecular complexity index is 579. The molecule has 1 amide bonds. The molecule has 1 saturated heterocycles. The van der Waals surface area contributed by atoms with Gasteiger partial charge in [0, 0.05) is 55.8 Å². The van der Waals surface area contributed by atoms with E-state index in [-0.39, 0.29) is 34.9 Å². The molecule has 1 fully saturated rings. The van der Waals surface area contributed by atoms with E-state index in [1.165, 1.54) is 18.2 Å². The molecular weight excluding hydrogens is 345 g/mol. The van der Waals surface area contributed by atoms with Crippen LogP contribution >= 0.6 is 11.6 Å². The second-order valence-corrected chi connectivity index (χ2v) is 7.57. The van der Waals surface area contributed by atoms with Gasteiger partial charge in [0.25, 0.3) is 5.91 Å². The van der Waals surface area contributed by atoms with E-state index in [1.807, 2.05) is 14.1 Å². The van der Waals surface area contributed by atoms with Crippen molar-refractivity contribution in [2.24, 2.45) is 11.8 Å². The van der Waals surface area contributed by atoms with Crippen molar-refractivity contribution in [3.63, 3.8) is 0 Å². The summed E-state index contributed by atoms with van der Waals surface area (Å²) in [5.41, 5.74) is 0.253. The zero-order valence-corrected chi connectivity index (χ0v) is 15.8. The first kappa shape index (κ1) is 20.1. The van der Waals surface area contributed by atoms with Crippen LogP contribution in [0.2, 0.25) is 5.02 Å². The molecule has 140 valence electrons. The zero-order valence-electron chi connectivity index (χ0n) is 15.1. The second-order valence-electron chi connectivity index (χ2n) is 7.14. The number of likely N-dealkylation sites (tertiary alicyclic amines) is 1. The van der Waals surface area contributed by atoms with Crippen LogP contribution in [0.5, 0.6) is 0 Å². The summed E-state index contributed by atoms with van der Waals surface area (Å²) in [6.45, 7) is 3.78. The monoisotopic (exact) mass is 371 g/mol. The number of aliphatic hydroxyl groups excluding tert-OH is 1. The van der Waals surface area contributed by atoms with Crippen molar-refractivity contribution in [1.82, 2.24) is 14.7 Å². The van der Waals surface area contributed by atoms with Crippen LogP contribution in [-0.4, -0.2) is 86.2 Å². The lowest BCUT2D eigenvalue weighted by atomic mass is 9.96. The van der Waals surface area contributed by atoms with Crippen LogP contribution in [0.3, 0.4) is 0 Å². The topological polar surface area (TPSA) is 47.0 Å². The van der Waals surface area contributed by atoms with Crippen molar-refractivity contribution >= 4 is 17.5 Å². The van der Waals surface area contributed by atoms with E-state index >= 15 is 0 Å². The van der Waals surface area contributed by atoms with Crippen molar-refractivity contribution in [2.75, 3.05) is 60.5 Å². The number of benzene rings is 1. The van der Waals surface area contributed by atoms with Crippen LogP contribution in [-0.2, 0) is 0 Å². The lowest BCUT2D eigenvalue weighted by Crippen LogP contribution is -2.35. The Morgan fingerprint density at radius 1 is 1.24 bits per heavy atom. The van der Waals surface area contributed by atoms with Gasteiger partial charge in [0.15, 0.2) is 0 Å². The number of carbonyl (C=O) groups is 1. The normalized spacial score (nSPS) is 20.7. The average molecular weight is 372 g/mol. The highest BCUT2D eigenvalue weighted by Gasteiger charge is 2.35. The molecule has 0 aliphatic carbocycles. The molecule has 0 radical (unpaired) electrons. The fourth-order valence-corrected chi connectivity index (χ4v) is 3.46. The van der Waals surface area contributed by atoms with Crippen molar-refractivity contribution < 1.29 is 14.3 Å². The number of halogens is 2. The van der Waals surface area contributed by atoms with E-state index in [0.29, 0.717) is 13.1 Å². The highest BCUT2D eigenvalue weighted by molar-refractivity contribution is 6.31. The van der Waals surface area contributed by atoms with Gasteiger partial charge in [-0.3, -0.25) is 4.79 Å². The van der Waals surface area contributed by atoms with Crippen LogP contribution in [0.15, 0.2) is 18.2 Å². The van der Waals surface area contributed by atoms with Gasteiger partial charge in [-0.2, -0.15) is 0 Å². The fraction of sp³-hybridized carbons (Fsp3) is 0.611. The zero-order chi connectivity index (χ0) is 18.6. The molecule has 2 rings (SSSR count). The van der Waals surface area contributed by atoms with Gasteiger partial charge in [-0.15, -0.1) is 0 Å². The highest BCUT2D eigenvalue weighted by atomic mass is 35.5. The molecule has 1 aromatic rings. The molecular formula is C18H27ClFN3O2. The Kier molecular flexibility index (Phi) is 7.19. The maximum Gasteiger partial charge on any atom is 0.254 e. The minimum Gasteiger partial charge on any atom is -0.396 e. The summed E-state index contributed by atoms with van der Waals surface area (Å²) in [5, 5.41) is 9.89. The van der Waals surface area contributed by atoms with Gasteiger partial charge in [-0.05, 0) is 45.3 Å². The SMILES string of the molecule is CN(C)CCN(C)C[C@@H]1CN(C(=O)c2cc(F)cc(Cl)c2)C[C@@H]1CO. The first-order valence-corrected chi connectivity index (χ1v) is 8.87. The predicted octanol–water partition coefficient (Wildman–Crippen LogP) is 1.65. The van der Waals surface area contributed by atoms with Gasteiger partial charge >= 0.3 is 0 Å². The molecule has 7 heteroatoms. The standard InChI is InChI=1S/C18H27ClFN3O2/c1-21(2)4-5-22(3)9-14-10-23(11-15(14)12-24)18(25)13-6-16(19)8-17(20)7-13/h6-8,14-15,24H,4-5,9-12H2,1-3H3/t14-,15-/m1/s1. The van der Waals surface area contributed by atoms with E-state index in [0.717, 1.165) is 19.6 Å². The third kappa shape index (κ3) is 5.64.